The van der Waals surface area contributed by atoms with Crippen molar-refractivity contribution in [2.75, 3.05) is 6.61 Å². The predicted octanol–water partition coefficient (Wildman–Crippen LogP) is 1.48. The first kappa shape index (κ1) is 9.87. The molecule has 3 heteroatoms. The first-order valence-corrected chi connectivity index (χ1v) is 5.73. The Balaban J connectivity index is 2.19. The van der Waals surface area contributed by atoms with Crippen molar-refractivity contribution in [2.24, 2.45) is 0 Å². The molecule has 0 saturated heterocycles. The molecule has 1 atom stereocenters. The van der Waals surface area contributed by atoms with Crippen molar-refractivity contribution in [1.82, 2.24) is 10.3 Å². The fraction of sp³-hybridized carbons (Fsp3) is 0.385. The van der Waals surface area contributed by atoms with Crippen LogP contribution in [0.3, 0.4) is 0 Å². The third-order valence-corrected chi connectivity index (χ3v) is 3.46. The number of aliphatic hydroxyl groups excluding tert-OH is 1. The van der Waals surface area contributed by atoms with Gasteiger partial charge in [-0.05, 0) is 30.5 Å². The van der Waals surface area contributed by atoms with E-state index in [1.54, 1.807) is 0 Å². The summed E-state index contributed by atoms with van der Waals surface area (Å²) in [5.74, 6) is 0. The molecule has 2 heterocycles. The van der Waals surface area contributed by atoms with Gasteiger partial charge in [0.1, 0.15) is 0 Å². The third-order valence-electron chi connectivity index (χ3n) is 3.46. The molecule has 0 bridgehead atoms. The van der Waals surface area contributed by atoms with Crippen LogP contribution < -0.4 is 5.32 Å². The molecule has 1 aliphatic heterocycles. The summed E-state index contributed by atoms with van der Waals surface area (Å²) in [6.45, 7) is 3.18. The summed E-state index contributed by atoms with van der Waals surface area (Å²) in [6.07, 6.45) is 0.913. The van der Waals surface area contributed by atoms with Gasteiger partial charge in [-0.1, -0.05) is 12.1 Å². The van der Waals surface area contributed by atoms with Crippen molar-refractivity contribution in [1.29, 1.82) is 0 Å². The first-order chi connectivity index (χ1) is 7.79. The summed E-state index contributed by atoms with van der Waals surface area (Å²) in [6, 6.07) is 6.54. The van der Waals surface area contributed by atoms with Gasteiger partial charge >= 0.3 is 0 Å². The summed E-state index contributed by atoms with van der Waals surface area (Å²) >= 11 is 0. The Bertz CT molecular complexity index is 530. The van der Waals surface area contributed by atoms with E-state index in [1.165, 1.54) is 27.7 Å². The minimum atomic E-state index is 0.200. The Kier molecular flexibility index (Phi) is 2.23. The molecule has 0 aliphatic carbocycles. The number of aromatic nitrogens is 1. The van der Waals surface area contributed by atoms with Crippen LogP contribution in [-0.4, -0.2) is 22.7 Å². The van der Waals surface area contributed by atoms with Crippen molar-refractivity contribution in [3.8, 4) is 0 Å². The molecule has 0 saturated carbocycles. The van der Waals surface area contributed by atoms with Crippen LogP contribution in [0.15, 0.2) is 18.2 Å². The molecule has 1 aromatic heterocycles. The predicted molar refractivity (Wildman–Crippen MR) is 64.5 cm³/mol. The lowest BCUT2D eigenvalue weighted by atomic mass is 9.97. The third kappa shape index (κ3) is 1.36. The molecule has 16 heavy (non-hydrogen) atoms. The lowest BCUT2D eigenvalue weighted by Crippen LogP contribution is -2.38. The van der Waals surface area contributed by atoms with E-state index in [-0.39, 0.29) is 12.6 Å². The monoisotopic (exact) mass is 216 g/mol. The minimum absolute atomic E-state index is 0.200. The number of hydrogen-bond donors (Lipinski definition) is 3. The van der Waals surface area contributed by atoms with Crippen LogP contribution in [0.2, 0.25) is 0 Å². The molecule has 3 N–H and O–H groups in total. The van der Waals surface area contributed by atoms with E-state index in [0.717, 1.165) is 13.0 Å². The molecule has 1 aliphatic rings. The Morgan fingerprint density at radius 3 is 3.12 bits per heavy atom. The minimum Gasteiger partial charge on any atom is -0.395 e. The van der Waals surface area contributed by atoms with Crippen LogP contribution in [0.25, 0.3) is 10.9 Å². The maximum atomic E-state index is 9.22. The Labute approximate surface area is 94.5 Å². The highest BCUT2D eigenvalue weighted by atomic mass is 16.3. The molecule has 0 spiro atoms. The second-order valence-electron chi connectivity index (χ2n) is 4.54. The highest BCUT2D eigenvalue weighted by Crippen LogP contribution is 2.28. The van der Waals surface area contributed by atoms with Crippen LogP contribution >= 0.6 is 0 Å². The summed E-state index contributed by atoms with van der Waals surface area (Å²) in [5.41, 5.74) is 5.18. The van der Waals surface area contributed by atoms with E-state index in [4.69, 9.17) is 0 Å². The number of hydrogen-bond acceptors (Lipinski definition) is 2. The smallest absolute Gasteiger partial charge is 0.0588 e. The zero-order chi connectivity index (χ0) is 11.1. The maximum absolute atomic E-state index is 9.22. The van der Waals surface area contributed by atoms with Crippen molar-refractivity contribution in [2.45, 2.75) is 25.9 Å². The van der Waals surface area contributed by atoms with Gasteiger partial charge in [0.25, 0.3) is 0 Å². The van der Waals surface area contributed by atoms with Crippen LogP contribution in [0.1, 0.15) is 16.8 Å². The fourth-order valence-electron chi connectivity index (χ4n) is 2.63. The highest BCUT2D eigenvalue weighted by Gasteiger charge is 2.21. The second-order valence-corrected chi connectivity index (χ2v) is 4.54. The topological polar surface area (TPSA) is 48.0 Å². The highest BCUT2D eigenvalue weighted by molar-refractivity contribution is 5.88. The summed E-state index contributed by atoms with van der Waals surface area (Å²) < 4.78 is 0. The van der Waals surface area contributed by atoms with E-state index in [0.29, 0.717) is 0 Å². The molecule has 3 nitrogen and oxygen atoms in total. The molecule has 84 valence electrons. The molecule has 0 radical (unpaired) electrons. The number of benzene rings is 1. The van der Waals surface area contributed by atoms with Crippen LogP contribution in [0.5, 0.6) is 0 Å². The molecule has 0 fully saturated rings. The van der Waals surface area contributed by atoms with E-state index >= 15 is 0 Å². The lowest BCUT2D eigenvalue weighted by Gasteiger charge is -2.22. The number of aromatic amines is 1. The van der Waals surface area contributed by atoms with Crippen LogP contribution in [-0.2, 0) is 13.0 Å². The number of nitrogens with one attached hydrogen (secondary N) is 2. The number of H-pyrrole nitrogens is 1. The number of aryl methyl sites for hydroxylation is 1. The quantitative estimate of drug-likeness (QED) is 0.676. The van der Waals surface area contributed by atoms with E-state index in [1.807, 2.05) is 0 Å². The standard InChI is InChI=1S/C13H16N2O/c1-8-3-2-4-11-13(8)10-5-9(7-16)14-6-12(10)15-11/h2-4,9,14-16H,5-7H2,1H3. The zero-order valence-electron chi connectivity index (χ0n) is 9.38. The lowest BCUT2D eigenvalue weighted by molar-refractivity contribution is 0.235. The second kappa shape index (κ2) is 3.61. The average Bonchev–Trinajstić information content (AvgIpc) is 2.67. The van der Waals surface area contributed by atoms with Gasteiger partial charge in [0, 0.05) is 29.2 Å². The number of fused-ring (bicyclic) bond motifs is 3. The van der Waals surface area contributed by atoms with Crippen molar-refractivity contribution >= 4 is 10.9 Å². The van der Waals surface area contributed by atoms with Crippen LogP contribution in [0, 0.1) is 6.92 Å². The number of aliphatic hydroxyl groups is 1. The fourth-order valence-corrected chi connectivity index (χ4v) is 2.63. The molecular formula is C13H16N2O. The van der Waals surface area contributed by atoms with Gasteiger partial charge in [0.15, 0.2) is 0 Å². The SMILES string of the molecule is Cc1cccc2[nH]c3c(c12)CC(CO)NC3. The van der Waals surface area contributed by atoms with Gasteiger partial charge in [-0.3, -0.25) is 0 Å². The summed E-state index contributed by atoms with van der Waals surface area (Å²) in [4.78, 5) is 3.46. The molecule has 2 aromatic rings. The van der Waals surface area contributed by atoms with Gasteiger partial charge in [-0.2, -0.15) is 0 Å². The van der Waals surface area contributed by atoms with Gasteiger partial charge in [0.2, 0.25) is 0 Å². The van der Waals surface area contributed by atoms with E-state index in [2.05, 4.69) is 35.4 Å². The molecule has 3 rings (SSSR count). The van der Waals surface area contributed by atoms with Crippen molar-refractivity contribution in [3.05, 3.63) is 35.0 Å². The normalized spacial score (nSPS) is 20.0. The molecule has 1 unspecified atom stereocenters. The van der Waals surface area contributed by atoms with E-state index < -0.39 is 0 Å². The van der Waals surface area contributed by atoms with E-state index in [9.17, 15) is 5.11 Å². The summed E-state index contributed by atoms with van der Waals surface area (Å²) in [5, 5.41) is 13.9. The summed E-state index contributed by atoms with van der Waals surface area (Å²) in [7, 11) is 0. The average molecular weight is 216 g/mol. The maximum Gasteiger partial charge on any atom is 0.0588 e. The van der Waals surface area contributed by atoms with Gasteiger partial charge < -0.3 is 15.4 Å². The Hall–Kier alpha value is -1.32. The first-order valence-electron chi connectivity index (χ1n) is 5.73. The Morgan fingerprint density at radius 2 is 2.31 bits per heavy atom. The zero-order valence-corrected chi connectivity index (χ0v) is 9.38. The van der Waals surface area contributed by atoms with Crippen molar-refractivity contribution in [3.63, 3.8) is 0 Å². The van der Waals surface area contributed by atoms with Crippen LogP contribution in [0.4, 0.5) is 0 Å². The largest absolute Gasteiger partial charge is 0.395 e. The molecule has 0 amide bonds. The van der Waals surface area contributed by atoms with Gasteiger partial charge in [-0.15, -0.1) is 0 Å². The van der Waals surface area contributed by atoms with Crippen molar-refractivity contribution < 1.29 is 5.11 Å². The van der Waals surface area contributed by atoms with Gasteiger partial charge in [0.05, 0.1) is 6.61 Å². The number of rotatable bonds is 1. The Morgan fingerprint density at radius 1 is 1.44 bits per heavy atom. The molecule has 1 aromatic carbocycles. The van der Waals surface area contributed by atoms with Gasteiger partial charge in [-0.25, -0.2) is 0 Å². The molecular weight excluding hydrogens is 200 g/mol.